The molecule has 1 amide bonds. The zero-order valence-electron chi connectivity index (χ0n) is 12.0. The summed E-state index contributed by atoms with van der Waals surface area (Å²) in [5, 5.41) is 2.91. The maximum absolute atomic E-state index is 12.0. The van der Waals surface area contributed by atoms with Crippen LogP contribution in [0.25, 0.3) is 0 Å². The highest BCUT2D eigenvalue weighted by Gasteiger charge is 2.15. The summed E-state index contributed by atoms with van der Waals surface area (Å²) in [6.45, 7) is 8.87. The normalized spacial score (nSPS) is 15.9. The Kier molecular flexibility index (Phi) is 5.18. The van der Waals surface area contributed by atoms with Crippen molar-refractivity contribution in [3.8, 4) is 5.75 Å². The number of likely N-dealkylation sites (tertiary alicyclic amines) is 1. The van der Waals surface area contributed by atoms with Crippen LogP contribution < -0.4 is 10.1 Å². The number of nitrogens with one attached hydrogen (secondary N) is 1. The maximum atomic E-state index is 12.0. The fourth-order valence-electron chi connectivity index (χ4n) is 2.23. The third-order valence-corrected chi connectivity index (χ3v) is 3.38. The van der Waals surface area contributed by atoms with Crippen molar-refractivity contribution in [2.45, 2.75) is 19.8 Å². The minimum atomic E-state index is 0.0293. The molecule has 1 aromatic carbocycles. The van der Waals surface area contributed by atoms with Gasteiger partial charge in [-0.3, -0.25) is 9.69 Å². The van der Waals surface area contributed by atoms with E-state index in [0.29, 0.717) is 13.2 Å². The van der Waals surface area contributed by atoms with Gasteiger partial charge in [0.2, 0.25) is 5.91 Å². The molecule has 108 valence electrons. The molecule has 1 aliphatic rings. The molecule has 1 aliphatic heterocycles. The van der Waals surface area contributed by atoms with E-state index in [1.165, 1.54) is 5.57 Å². The lowest BCUT2D eigenvalue weighted by Gasteiger charge is -2.27. The topological polar surface area (TPSA) is 41.6 Å². The van der Waals surface area contributed by atoms with Crippen LogP contribution in [0.5, 0.6) is 5.75 Å². The van der Waals surface area contributed by atoms with Crippen molar-refractivity contribution in [3.05, 3.63) is 36.4 Å². The van der Waals surface area contributed by atoms with Crippen LogP contribution in [0.3, 0.4) is 0 Å². The van der Waals surface area contributed by atoms with Crippen molar-refractivity contribution in [2.24, 2.45) is 0 Å². The largest absolute Gasteiger partial charge is 0.494 e. The Balaban J connectivity index is 1.80. The van der Waals surface area contributed by atoms with Crippen molar-refractivity contribution >= 4 is 11.6 Å². The molecule has 1 heterocycles. The number of carbonyl (C=O) groups is 1. The lowest BCUT2D eigenvalue weighted by atomic mass is 10.1. The van der Waals surface area contributed by atoms with E-state index in [4.69, 9.17) is 4.74 Å². The van der Waals surface area contributed by atoms with Crippen LogP contribution in [-0.4, -0.2) is 37.0 Å². The molecule has 1 saturated heterocycles. The number of hydrogen-bond acceptors (Lipinski definition) is 3. The highest BCUT2D eigenvalue weighted by atomic mass is 16.5. The summed E-state index contributed by atoms with van der Waals surface area (Å²) < 4.78 is 5.37. The average Bonchev–Trinajstić information content (AvgIpc) is 2.44. The van der Waals surface area contributed by atoms with Crippen LogP contribution in [0.4, 0.5) is 5.69 Å². The van der Waals surface area contributed by atoms with Gasteiger partial charge in [0.15, 0.2) is 0 Å². The fraction of sp³-hybridized carbons (Fsp3) is 0.438. The lowest BCUT2D eigenvalue weighted by molar-refractivity contribution is -0.117. The van der Waals surface area contributed by atoms with Gasteiger partial charge in [-0.2, -0.15) is 0 Å². The number of benzene rings is 1. The molecule has 0 aliphatic carbocycles. The molecular weight excluding hydrogens is 252 g/mol. The van der Waals surface area contributed by atoms with E-state index in [1.807, 2.05) is 31.2 Å². The summed E-state index contributed by atoms with van der Waals surface area (Å²) in [4.78, 5) is 14.1. The molecule has 1 N–H and O–H groups in total. The molecule has 0 bridgehead atoms. The lowest BCUT2D eigenvalue weighted by Crippen LogP contribution is -2.37. The van der Waals surface area contributed by atoms with Crippen LogP contribution in [-0.2, 0) is 4.79 Å². The van der Waals surface area contributed by atoms with Gasteiger partial charge in [-0.1, -0.05) is 12.2 Å². The van der Waals surface area contributed by atoms with E-state index in [9.17, 15) is 4.79 Å². The molecule has 4 nitrogen and oxygen atoms in total. The maximum Gasteiger partial charge on any atom is 0.238 e. The van der Waals surface area contributed by atoms with Gasteiger partial charge < -0.3 is 10.1 Å². The Morgan fingerprint density at radius 1 is 1.30 bits per heavy atom. The highest BCUT2D eigenvalue weighted by molar-refractivity contribution is 5.92. The van der Waals surface area contributed by atoms with E-state index in [2.05, 4.69) is 16.8 Å². The number of rotatable bonds is 5. The minimum Gasteiger partial charge on any atom is -0.494 e. The first kappa shape index (κ1) is 14.6. The van der Waals surface area contributed by atoms with Gasteiger partial charge in [-0.25, -0.2) is 0 Å². The van der Waals surface area contributed by atoms with Crippen molar-refractivity contribution in [2.75, 3.05) is 31.6 Å². The van der Waals surface area contributed by atoms with Crippen LogP contribution >= 0.6 is 0 Å². The Hall–Kier alpha value is -1.81. The summed E-state index contributed by atoms with van der Waals surface area (Å²) in [6, 6.07) is 7.45. The van der Waals surface area contributed by atoms with Crippen molar-refractivity contribution in [3.63, 3.8) is 0 Å². The number of amides is 1. The molecule has 1 aromatic rings. The second kappa shape index (κ2) is 7.10. The highest BCUT2D eigenvalue weighted by Crippen LogP contribution is 2.16. The molecule has 20 heavy (non-hydrogen) atoms. The summed E-state index contributed by atoms with van der Waals surface area (Å²) in [6.07, 6.45) is 1.99. The zero-order chi connectivity index (χ0) is 14.4. The molecular formula is C16H22N2O2. The van der Waals surface area contributed by atoms with Crippen molar-refractivity contribution in [1.29, 1.82) is 0 Å². The van der Waals surface area contributed by atoms with E-state index in [0.717, 1.165) is 37.4 Å². The summed E-state index contributed by atoms with van der Waals surface area (Å²) in [5.41, 5.74) is 2.09. The standard InChI is InChI=1S/C16H22N2O2/c1-3-20-15-6-4-14(5-7-15)17-16(19)12-18-10-8-13(2)9-11-18/h4-7H,2-3,8-12H2,1H3,(H,17,19). The second-order valence-electron chi connectivity index (χ2n) is 5.03. The minimum absolute atomic E-state index is 0.0293. The molecule has 1 fully saturated rings. The van der Waals surface area contributed by atoms with Gasteiger partial charge in [0.25, 0.3) is 0 Å². The van der Waals surface area contributed by atoms with Gasteiger partial charge in [0.1, 0.15) is 5.75 Å². The van der Waals surface area contributed by atoms with Crippen LogP contribution in [0.1, 0.15) is 19.8 Å². The molecule has 4 heteroatoms. The summed E-state index contributed by atoms with van der Waals surface area (Å²) in [7, 11) is 0. The number of ether oxygens (including phenoxy) is 1. The summed E-state index contributed by atoms with van der Waals surface area (Å²) >= 11 is 0. The van der Waals surface area contributed by atoms with Gasteiger partial charge in [0.05, 0.1) is 13.2 Å². The molecule has 0 aromatic heterocycles. The van der Waals surface area contributed by atoms with E-state index in [1.54, 1.807) is 0 Å². The van der Waals surface area contributed by atoms with Gasteiger partial charge in [0, 0.05) is 18.8 Å². The number of anilines is 1. The molecule has 0 unspecified atom stereocenters. The van der Waals surface area contributed by atoms with Crippen LogP contribution in [0.15, 0.2) is 36.4 Å². The van der Waals surface area contributed by atoms with E-state index >= 15 is 0 Å². The van der Waals surface area contributed by atoms with Crippen LogP contribution in [0, 0.1) is 0 Å². The van der Waals surface area contributed by atoms with Crippen LogP contribution in [0.2, 0.25) is 0 Å². The number of hydrogen-bond donors (Lipinski definition) is 1. The third kappa shape index (κ3) is 4.38. The van der Waals surface area contributed by atoms with Gasteiger partial charge >= 0.3 is 0 Å². The Morgan fingerprint density at radius 3 is 2.55 bits per heavy atom. The molecule has 2 rings (SSSR count). The van der Waals surface area contributed by atoms with Gasteiger partial charge in [-0.15, -0.1) is 0 Å². The second-order valence-corrected chi connectivity index (χ2v) is 5.03. The third-order valence-electron chi connectivity index (χ3n) is 3.38. The first-order valence-corrected chi connectivity index (χ1v) is 7.09. The molecule has 0 saturated carbocycles. The SMILES string of the molecule is C=C1CCN(CC(=O)Nc2ccc(OCC)cc2)CC1. The number of carbonyl (C=O) groups excluding carboxylic acids is 1. The van der Waals surface area contributed by atoms with Crippen molar-refractivity contribution in [1.82, 2.24) is 4.90 Å². The predicted molar refractivity (Wildman–Crippen MR) is 81.1 cm³/mol. The fourth-order valence-corrected chi connectivity index (χ4v) is 2.23. The molecule has 0 spiro atoms. The van der Waals surface area contributed by atoms with E-state index < -0.39 is 0 Å². The Morgan fingerprint density at radius 2 is 1.95 bits per heavy atom. The quantitative estimate of drug-likeness (QED) is 0.839. The average molecular weight is 274 g/mol. The van der Waals surface area contributed by atoms with E-state index in [-0.39, 0.29) is 5.91 Å². The smallest absolute Gasteiger partial charge is 0.238 e. The first-order chi connectivity index (χ1) is 9.67. The monoisotopic (exact) mass is 274 g/mol. The Labute approximate surface area is 120 Å². The first-order valence-electron chi connectivity index (χ1n) is 7.09. The van der Waals surface area contributed by atoms with Crippen molar-refractivity contribution < 1.29 is 9.53 Å². The molecule has 0 atom stereocenters. The van der Waals surface area contributed by atoms with Gasteiger partial charge in [-0.05, 0) is 44.0 Å². The summed E-state index contributed by atoms with van der Waals surface area (Å²) in [5.74, 6) is 0.849. The number of nitrogens with zero attached hydrogens (tertiary/aromatic N) is 1. The predicted octanol–water partition coefficient (Wildman–Crippen LogP) is 2.68. The molecule has 0 radical (unpaired) electrons. The zero-order valence-corrected chi connectivity index (χ0v) is 12.0. The Bertz CT molecular complexity index is 458. The number of piperidine rings is 1.